The molecule has 2 heterocycles. The zero-order valence-electron chi connectivity index (χ0n) is 7.36. The van der Waals surface area contributed by atoms with E-state index in [0.717, 1.165) is 13.0 Å². The van der Waals surface area contributed by atoms with Gasteiger partial charge in [-0.3, -0.25) is 9.69 Å². The van der Waals surface area contributed by atoms with Crippen molar-refractivity contribution < 1.29 is 4.79 Å². The highest BCUT2D eigenvalue weighted by Crippen LogP contribution is 2.17. The van der Waals surface area contributed by atoms with Gasteiger partial charge in [0.25, 0.3) is 0 Å². The number of carbonyl (C=O) groups excluding carboxylic acids is 1. The zero-order chi connectivity index (χ0) is 9.26. The number of anilines is 1. The number of aromatic nitrogens is 1. The minimum Gasteiger partial charge on any atom is -0.301 e. The molecule has 0 spiro atoms. The van der Waals surface area contributed by atoms with E-state index >= 15 is 0 Å². The second kappa shape index (κ2) is 3.43. The van der Waals surface area contributed by atoms with E-state index in [9.17, 15) is 4.79 Å². The Balaban J connectivity index is 1.92. The fourth-order valence-electron chi connectivity index (χ4n) is 1.32. The molecule has 1 saturated heterocycles. The first-order valence-electron chi connectivity index (χ1n) is 4.18. The van der Waals surface area contributed by atoms with Gasteiger partial charge in [-0.2, -0.15) is 0 Å². The molecule has 1 aliphatic heterocycles. The van der Waals surface area contributed by atoms with Crippen molar-refractivity contribution in [3.8, 4) is 0 Å². The summed E-state index contributed by atoms with van der Waals surface area (Å²) in [6.45, 7) is 1.01. The Hall–Kier alpha value is -0.940. The highest BCUT2D eigenvalue weighted by molar-refractivity contribution is 7.13. The van der Waals surface area contributed by atoms with Gasteiger partial charge in [0.15, 0.2) is 5.13 Å². The van der Waals surface area contributed by atoms with E-state index in [1.807, 2.05) is 17.3 Å². The predicted octanol–water partition coefficient (Wildman–Crippen LogP) is 0.786. The van der Waals surface area contributed by atoms with Crippen LogP contribution in [0.15, 0.2) is 11.6 Å². The van der Waals surface area contributed by atoms with Crippen molar-refractivity contribution in [1.29, 1.82) is 0 Å². The number of nitrogens with zero attached hydrogens (tertiary/aromatic N) is 2. The minimum atomic E-state index is 0.0453. The number of carbonyl (C=O) groups is 1. The van der Waals surface area contributed by atoms with Crippen LogP contribution in [0.5, 0.6) is 0 Å². The fourth-order valence-corrected chi connectivity index (χ4v) is 1.85. The number of thiazole rings is 1. The lowest BCUT2D eigenvalue weighted by atomic mass is 10.0. The van der Waals surface area contributed by atoms with Gasteiger partial charge in [-0.05, 0) is 13.5 Å². The molecule has 1 aromatic rings. The zero-order valence-corrected chi connectivity index (χ0v) is 8.17. The number of likely N-dealkylation sites (tertiary alicyclic amines) is 1. The SMILES string of the molecule is CN1CC[C@H]1C(=O)Nc1nccs1. The lowest BCUT2D eigenvalue weighted by molar-refractivity contribution is -0.124. The van der Waals surface area contributed by atoms with Crippen LogP contribution in [-0.4, -0.2) is 35.4 Å². The predicted molar refractivity (Wildman–Crippen MR) is 51.8 cm³/mol. The lowest BCUT2D eigenvalue weighted by Crippen LogP contribution is -2.51. The van der Waals surface area contributed by atoms with Gasteiger partial charge in [0.1, 0.15) is 0 Å². The Bertz CT molecular complexity index is 298. The molecule has 2 rings (SSSR count). The Labute approximate surface area is 80.6 Å². The number of nitrogens with one attached hydrogen (secondary N) is 1. The Morgan fingerprint density at radius 1 is 1.85 bits per heavy atom. The minimum absolute atomic E-state index is 0.0453. The lowest BCUT2D eigenvalue weighted by Gasteiger charge is -2.35. The largest absolute Gasteiger partial charge is 0.301 e. The third-order valence-electron chi connectivity index (χ3n) is 2.25. The summed E-state index contributed by atoms with van der Waals surface area (Å²) in [4.78, 5) is 17.5. The number of likely N-dealkylation sites (N-methyl/N-ethyl adjacent to an activating group) is 1. The monoisotopic (exact) mass is 197 g/mol. The summed E-state index contributed by atoms with van der Waals surface area (Å²) >= 11 is 1.44. The van der Waals surface area contributed by atoms with Crippen LogP contribution in [0.1, 0.15) is 6.42 Å². The van der Waals surface area contributed by atoms with Crippen molar-refractivity contribution in [3.05, 3.63) is 11.6 Å². The maximum absolute atomic E-state index is 11.5. The molecule has 0 bridgehead atoms. The Morgan fingerprint density at radius 2 is 2.69 bits per heavy atom. The number of hydrogen-bond acceptors (Lipinski definition) is 4. The van der Waals surface area contributed by atoms with Crippen molar-refractivity contribution in [2.24, 2.45) is 0 Å². The summed E-state index contributed by atoms with van der Waals surface area (Å²) in [5, 5.41) is 5.31. The van der Waals surface area contributed by atoms with Crippen LogP contribution in [0, 0.1) is 0 Å². The molecular formula is C8H11N3OS. The van der Waals surface area contributed by atoms with Crippen LogP contribution in [-0.2, 0) is 4.79 Å². The van der Waals surface area contributed by atoms with Crippen LogP contribution in [0.3, 0.4) is 0 Å². The topological polar surface area (TPSA) is 45.2 Å². The van der Waals surface area contributed by atoms with Gasteiger partial charge in [-0.1, -0.05) is 0 Å². The van der Waals surface area contributed by atoms with Crippen LogP contribution >= 0.6 is 11.3 Å². The second-order valence-electron chi connectivity index (χ2n) is 3.11. The first kappa shape index (κ1) is 8.65. The van der Waals surface area contributed by atoms with Crippen molar-refractivity contribution in [3.63, 3.8) is 0 Å². The number of rotatable bonds is 2. The van der Waals surface area contributed by atoms with E-state index in [1.54, 1.807) is 6.20 Å². The van der Waals surface area contributed by atoms with Gasteiger partial charge < -0.3 is 5.32 Å². The van der Waals surface area contributed by atoms with Crippen molar-refractivity contribution in [2.45, 2.75) is 12.5 Å². The molecule has 4 nitrogen and oxygen atoms in total. The average molecular weight is 197 g/mol. The van der Waals surface area contributed by atoms with Crippen LogP contribution in [0.2, 0.25) is 0 Å². The molecule has 1 aliphatic rings. The molecule has 0 saturated carbocycles. The average Bonchev–Trinajstić information content (AvgIpc) is 2.54. The van der Waals surface area contributed by atoms with Gasteiger partial charge in [0.2, 0.25) is 5.91 Å². The molecule has 0 unspecified atom stereocenters. The highest BCUT2D eigenvalue weighted by Gasteiger charge is 2.31. The maximum Gasteiger partial charge on any atom is 0.243 e. The molecule has 0 radical (unpaired) electrons. The smallest absolute Gasteiger partial charge is 0.243 e. The number of amides is 1. The summed E-state index contributed by atoms with van der Waals surface area (Å²) < 4.78 is 0. The van der Waals surface area contributed by atoms with Crippen LogP contribution in [0.4, 0.5) is 5.13 Å². The molecule has 70 valence electrons. The summed E-state index contributed by atoms with van der Waals surface area (Å²) in [7, 11) is 1.95. The number of hydrogen-bond donors (Lipinski definition) is 1. The van der Waals surface area contributed by atoms with E-state index in [-0.39, 0.29) is 11.9 Å². The molecular weight excluding hydrogens is 186 g/mol. The third-order valence-corrected chi connectivity index (χ3v) is 2.94. The second-order valence-corrected chi connectivity index (χ2v) is 4.01. The van der Waals surface area contributed by atoms with Crippen LogP contribution < -0.4 is 5.32 Å². The van der Waals surface area contributed by atoms with Crippen molar-refractivity contribution >= 4 is 22.4 Å². The maximum atomic E-state index is 11.5. The normalized spacial score (nSPS) is 22.4. The molecule has 1 fully saturated rings. The van der Waals surface area contributed by atoms with Gasteiger partial charge in [-0.25, -0.2) is 4.98 Å². The summed E-state index contributed by atoms with van der Waals surface area (Å²) in [6.07, 6.45) is 2.64. The molecule has 1 aromatic heterocycles. The van der Waals surface area contributed by atoms with E-state index in [0.29, 0.717) is 5.13 Å². The molecule has 1 N–H and O–H groups in total. The van der Waals surface area contributed by atoms with Crippen molar-refractivity contribution in [2.75, 3.05) is 18.9 Å². The first-order chi connectivity index (χ1) is 6.27. The Kier molecular flexibility index (Phi) is 2.28. The first-order valence-corrected chi connectivity index (χ1v) is 5.06. The van der Waals surface area contributed by atoms with Gasteiger partial charge in [0, 0.05) is 18.1 Å². The van der Waals surface area contributed by atoms with Crippen molar-refractivity contribution in [1.82, 2.24) is 9.88 Å². The molecule has 5 heteroatoms. The molecule has 1 amide bonds. The molecule has 1 atom stereocenters. The summed E-state index contributed by atoms with van der Waals surface area (Å²) in [5.41, 5.74) is 0. The van der Waals surface area contributed by atoms with Gasteiger partial charge in [0.05, 0.1) is 6.04 Å². The molecule has 0 aromatic carbocycles. The van der Waals surface area contributed by atoms with Gasteiger partial charge in [-0.15, -0.1) is 11.3 Å². The standard InChI is InChI=1S/C8H11N3OS/c1-11-4-2-6(11)7(12)10-8-9-3-5-13-8/h3,5-6H,2,4H2,1H3,(H,9,10,12)/t6-/m0/s1. The van der Waals surface area contributed by atoms with E-state index < -0.39 is 0 Å². The molecule has 13 heavy (non-hydrogen) atoms. The Morgan fingerprint density at radius 3 is 3.15 bits per heavy atom. The van der Waals surface area contributed by atoms with E-state index in [4.69, 9.17) is 0 Å². The molecule has 0 aliphatic carbocycles. The van der Waals surface area contributed by atoms with Gasteiger partial charge >= 0.3 is 0 Å². The highest BCUT2D eigenvalue weighted by atomic mass is 32.1. The fraction of sp³-hybridized carbons (Fsp3) is 0.500. The summed E-state index contributed by atoms with van der Waals surface area (Å²) in [5.74, 6) is 0.0590. The third kappa shape index (κ3) is 1.71. The van der Waals surface area contributed by atoms with E-state index in [2.05, 4.69) is 10.3 Å². The van der Waals surface area contributed by atoms with Crippen LogP contribution in [0.25, 0.3) is 0 Å². The quantitative estimate of drug-likeness (QED) is 0.762. The summed E-state index contributed by atoms with van der Waals surface area (Å²) in [6, 6.07) is 0.0453. The van der Waals surface area contributed by atoms with E-state index in [1.165, 1.54) is 11.3 Å².